The molecule has 0 aliphatic heterocycles. The number of nitrogens with zero attached hydrogens (tertiary/aromatic N) is 3. The second kappa shape index (κ2) is 31.1. The largest absolute Gasteiger partial charge is 3.00 e. The summed E-state index contributed by atoms with van der Waals surface area (Å²) in [5.41, 5.74) is -0.626. The maximum Gasteiger partial charge on any atom is 3.00 e. The van der Waals surface area contributed by atoms with Crippen LogP contribution in [0, 0.1) is 86.3 Å². The zero-order chi connectivity index (χ0) is 46.8. The fourth-order valence-corrected chi connectivity index (χ4v) is 12.2. The summed E-state index contributed by atoms with van der Waals surface area (Å²) in [5.74, 6) is -8.58. The van der Waals surface area contributed by atoms with E-state index in [0.29, 0.717) is 32.1 Å². The Hall–Kier alpha value is 0.215. The molecule has 363 valence electrons. The van der Waals surface area contributed by atoms with Gasteiger partial charge in [-0.1, -0.05) is 20.8 Å². The number of hydrogen-bond acceptors (Lipinski definition) is 19. The third-order valence-electron chi connectivity index (χ3n) is 15.3. The Bertz CT molecular complexity index is 1590. The van der Waals surface area contributed by atoms with E-state index < -0.39 is 97.9 Å². The van der Waals surface area contributed by atoms with Crippen LogP contribution in [-0.2, 0) is 33.5 Å². The molecule has 0 aromatic heterocycles. The van der Waals surface area contributed by atoms with Crippen molar-refractivity contribution in [3.63, 3.8) is 0 Å². The molecule has 5 unspecified atom stereocenters. The van der Waals surface area contributed by atoms with Crippen LogP contribution in [0.2, 0.25) is 0 Å². The van der Waals surface area contributed by atoms with Crippen molar-refractivity contribution in [2.75, 3.05) is 58.9 Å². The minimum Gasteiger partial charge on any atom is -0.550 e. The van der Waals surface area contributed by atoms with Gasteiger partial charge in [-0.25, -0.2) is 4.79 Å². The molecule has 4 aliphatic rings. The van der Waals surface area contributed by atoms with Gasteiger partial charge in [0.15, 0.2) is 0 Å². The van der Waals surface area contributed by atoms with Crippen molar-refractivity contribution in [1.29, 1.82) is 0 Å². The summed E-state index contributed by atoms with van der Waals surface area (Å²) in [4.78, 5) is 84.5. The third-order valence-corrected chi connectivity index (χ3v) is 15.3. The number of nitrogens with one attached hydrogen (secondary N) is 1. The first-order chi connectivity index (χ1) is 29.6. The van der Waals surface area contributed by atoms with Gasteiger partial charge in [-0.2, -0.15) is 0 Å². The summed E-state index contributed by atoms with van der Waals surface area (Å²) >= 11 is 0. The molecule has 4 aliphatic carbocycles. The molecule has 0 heterocycles. The van der Waals surface area contributed by atoms with Crippen LogP contribution in [0.4, 0.5) is 4.79 Å². The Morgan fingerprint density at radius 1 is 0.701 bits per heavy atom. The Balaban J connectivity index is 0.0000109. The first kappa shape index (κ1) is 67.2. The number of hydrogen-bond donors (Lipinski definition) is 3. The monoisotopic (exact) mass is 1120 g/mol. The van der Waals surface area contributed by atoms with Gasteiger partial charge in [0.1, 0.15) is 6.10 Å². The fourth-order valence-electron chi connectivity index (χ4n) is 12.2. The molecule has 0 aromatic carbocycles. The number of aliphatic hydroxyl groups is 2. The summed E-state index contributed by atoms with van der Waals surface area (Å²) in [6.45, 7) is 2.19. The number of unbranched alkanes of at least 4 members (excludes halogenated alkanes) is 1. The first-order valence-electron chi connectivity index (χ1n) is 22.3. The van der Waals surface area contributed by atoms with E-state index in [9.17, 15) is 74.4 Å². The molecule has 0 bridgehead atoms. The average molecular weight is 1120 g/mol. The van der Waals surface area contributed by atoms with Gasteiger partial charge < -0.3 is 79.7 Å². The first-order valence-corrected chi connectivity index (χ1v) is 22.3. The van der Waals surface area contributed by atoms with Crippen molar-refractivity contribution in [3.8, 4) is 0 Å². The zero-order valence-corrected chi connectivity index (χ0v) is 48.2. The van der Waals surface area contributed by atoms with Crippen molar-refractivity contribution >= 4 is 41.9 Å². The molecule has 24 heteroatoms. The molecule has 0 aromatic rings. The van der Waals surface area contributed by atoms with Gasteiger partial charge in [0, 0.05) is 70.9 Å². The van der Waals surface area contributed by atoms with Crippen molar-refractivity contribution < 1.29 is 208 Å². The second-order valence-electron chi connectivity index (χ2n) is 19.0. The number of fused-ring (bicyclic) bond motifs is 5. The molecule has 12 atom stereocenters. The minimum absolute atomic E-state index is 0. The maximum atomic E-state index is 13.0. The normalized spacial score (nSPS) is 29.2. The van der Waals surface area contributed by atoms with Gasteiger partial charge in [-0.05, 0) is 123 Å². The van der Waals surface area contributed by atoms with E-state index in [1.165, 1.54) is 4.90 Å². The van der Waals surface area contributed by atoms with Crippen LogP contribution in [0.1, 0.15) is 97.8 Å². The Morgan fingerprint density at radius 3 is 1.73 bits per heavy atom. The molecule has 67 heavy (non-hydrogen) atoms. The number of aliphatic carboxylic acids is 6. The molecule has 20 nitrogen and oxygen atoms in total. The van der Waals surface area contributed by atoms with Crippen LogP contribution in [0.25, 0.3) is 0 Å². The third kappa shape index (κ3) is 18.9. The number of carboxylic acid groups (broad SMARTS) is 6. The molecule has 0 saturated heterocycles. The van der Waals surface area contributed by atoms with E-state index in [2.05, 4.69) is 26.1 Å². The maximum absolute atomic E-state index is 13.0. The van der Waals surface area contributed by atoms with E-state index in [0.717, 1.165) is 29.1 Å². The number of rotatable bonds is 26. The van der Waals surface area contributed by atoms with Gasteiger partial charge in [0.25, 0.3) is 0 Å². The molecule has 4 fully saturated rings. The Morgan fingerprint density at radius 2 is 1.24 bits per heavy atom. The van der Waals surface area contributed by atoms with Gasteiger partial charge in [-0.15, -0.1) is 0 Å². The molecular weight excluding hydrogens is 1050 g/mol. The fraction of sp³-hybridized carbons (Fsp3) is 0.837. The van der Waals surface area contributed by atoms with E-state index in [1.54, 1.807) is 0 Å². The number of alkyl carbamates (subject to hydrolysis) is 1. The average Bonchev–Trinajstić information content (AvgIpc) is 3.53. The number of amides is 1. The van der Waals surface area contributed by atoms with Crippen molar-refractivity contribution in [2.24, 2.45) is 46.3 Å². The molecule has 1 radical (unpaired) electrons. The quantitative estimate of drug-likeness (QED) is 0.0535. The molecular formula is C43H64GdN4Na3O16. The predicted molar refractivity (Wildman–Crippen MR) is 207 cm³/mol. The van der Waals surface area contributed by atoms with Crippen molar-refractivity contribution in [1.82, 2.24) is 20.0 Å². The number of carboxylic acids is 6. The molecule has 4 rings (SSSR count). The van der Waals surface area contributed by atoms with Crippen LogP contribution in [0.5, 0.6) is 0 Å². The summed E-state index contributed by atoms with van der Waals surface area (Å²) in [6, 6.07) is -1.36. The van der Waals surface area contributed by atoms with Gasteiger partial charge in [-0.3, -0.25) is 14.7 Å². The van der Waals surface area contributed by atoms with Crippen molar-refractivity contribution in [2.45, 2.75) is 122 Å². The second-order valence-corrected chi connectivity index (χ2v) is 19.0. The summed E-state index contributed by atoms with van der Waals surface area (Å²) in [6.07, 6.45) is 3.31. The minimum atomic E-state index is -1.60. The number of aliphatic hydroxyl groups excluding tert-OH is 2. The summed E-state index contributed by atoms with van der Waals surface area (Å²) in [7, 11) is 0. The molecule has 1 amide bonds. The number of carbonyl (C=O) groups excluding carboxylic acids is 7. The van der Waals surface area contributed by atoms with E-state index in [1.807, 2.05) is 0 Å². The predicted octanol–water partition coefficient (Wildman–Crippen LogP) is -14.9. The van der Waals surface area contributed by atoms with E-state index in [-0.39, 0.29) is 228 Å². The number of carbonyl (C=O) groups is 7. The van der Waals surface area contributed by atoms with E-state index in [4.69, 9.17) is 4.74 Å². The Kier molecular flexibility index (Phi) is 31.2. The van der Waals surface area contributed by atoms with E-state index >= 15 is 0 Å². The van der Waals surface area contributed by atoms with Crippen LogP contribution >= 0.6 is 0 Å². The topological polar surface area (TPSA) is 329 Å². The summed E-state index contributed by atoms with van der Waals surface area (Å²) in [5, 5.41) is 94.7. The smallest absolute Gasteiger partial charge is 0.550 e. The molecule has 0 spiro atoms. The van der Waals surface area contributed by atoms with Gasteiger partial charge >= 0.3 is 135 Å². The SMILES string of the molecule is CC(CCC(=O)[O-])[C@H]1CCC2C3C(C[C@H](O)[C@@]21C)[C@@]1(C)CC[C@@H](OC(=O)NCCCC[C@@H](C(=O)[O-])N(CCN(CC(=O)[O-])CC(=O)[O-])CCN(CC(=O)[O-])CC(=O)[O-])CC1C[C@H]3O.[Gd+3].[Na+].[Na+].[Na+]. The number of ether oxygens (including phenoxy) is 1. The van der Waals surface area contributed by atoms with Crippen LogP contribution in [-0.4, -0.2) is 150 Å². The Labute approximate surface area is 491 Å². The zero-order valence-electron chi connectivity index (χ0n) is 39.9. The molecule has 3 N–H and O–H groups in total. The summed E-state index contributed by atoms with van der Waals surface area (Å²) < 4.78 is 5.83. The standard InChI is InChI=1S/C43H70N4O16.Gd.3Na/c1-25(7-10-34(50)51)28-8-9-29-39-30(20-33(49)43(28,29)3)42(2)12-11-27(18-26(42)19-32(39)48)63-41(62)44-13-5-4-6-31(40(60)61)47(16-14-45(21-35(52)53)22-36(54)55)17-15-46(23-37(56)57)24-38(58)59;;;;/h25-33,39,48-49H,4-24H2,1-3H3,(H,44,62)(H,50,51)(H,52,53)(H,54,55)(H,56,57)(H,58,59)(H,60,61);;;;/q;+3;3*+1/p-6/t25?,26?,27-,28-,29?,30?,31+,32-,33+,39?,42+,43-;;;;/m1..../s1. The van der Waals surface area contributed by atoms with Crippen molar-refractivity contribution in [3.05, 3.63) is 0 Å². The van der Waals surface area contributed by atoms with Gasteiger partial charge in [0.2, 0.25) is 0 Å². The molecule has 4 saturated carbocycles. The van der Waals surface area contributed by atoms with Gasteiger partial charge in [0.05, 0.1) is 42.1 Å². The van der Waals surface area contributed by atoms with Crippen LogP contribution in [0.15, 0.2) is 0 Å². The van der Waals surface area contributed by atoms with Crippen LogP contribution in [0.3, 0.4) is 0 Å². The van der Waals surface area contributed by atoms with Crippen LogP contribution < -0.4 is 125 Å².